The maximum Gasteiger partial charge on any atom is 0.337 e. The summed E-state index contributed by atoms with van der Waals surface area (Å²) in [5.41, 5.74) is 1.96. The van der Waals surface area contributed by atoms with Gasteiger partial charge in [0.25, 0.3) is 5.91 Å². The van der Waals surface area contributed by atoms with Gasteiger partial charge in [-0.2, -0.15) is 0 Å². The highest BCUT2D eigenvalue weighted by atomic mass is 16.5. The van der Waals surface area contributed by atoms with Gasteiger partial charge in [-0.3, -0.25) is 4.79 Å². The third-order valence-electron chi connectivity index (χ3n) is 4.65. The van der Waals surface area contributed by atoms with Gasteiger partial charge in [-0.15, -0.1) is 0 Å². The quantitative estimate of drug-likeness (QED) is 0.716. The molecule has 1 amide bonds. The number of nitrogens with one attached hydrogen (secondary N) is 2. The molecule has 1 aliphatic heterocycles. The normalized spacial score (nSPS) is 14.7. The zero-order chi connectivity index (χ0) is 19.2. The van der Waals surface area contributed by atoms with Crippen molar-refractivity contribution in [3.05, 3.63) is 47.8 Å². The molecule has 2 aromatic rings. The number of aryl methyl sites for hydroxylation is 1. The lowest BCUT2D eigenvalue weighted by Crippen LogP contribution is -3.15. The first-order chi connectivity index (χ1) is 13.1. The van der Waals surface area contributed by atoms with E-state index in [1.54, 1.807) is 36.7 Å². The molecule has 8 heteroatoms. The average Bonchev–Trinajstić information content (AvgIpc) is 2.70. The molecule has 1 aliphatic rings. The number of rotatable bonds is 5. The summed E-state index contributed by atoms with van der Waals surface area (Å²) in [6.45, 7) is 5.57. The van der Waals surface area contributed by atoms with E-state index in [0.29, 0.717) is 17.8 Å². The third-order valence-corrected chi connectivity index (χ3v) is 4.65. The number of hydrogen-bond acceptors (Lipinski definition) is 6. The molecule has 3 rings (SSSR count). The van der Waals surface area contributed by atoms with Gasteiger partial charge in [0, 0.05) is 18.1 Å². The van der Waals surface area contributed by atoms with Crippen molar-refractivity contribution in [3.63, 3.8) is 0 Å². The molecular formula is C19H24N5O3+. The second-order valence-corrected chi connectivity index (χ2v) is 6.53. The van der Waals surface area contributed by atoms with Gasteiger partial charge in [0.2, 0.25) is 5.95 Å². The molecule has 0 unspecified atom stereocenters. The van der Waals surface area contributed by atoms with Crippen molar-refractivity contribution < 1.29 is 19.2 Å². The van der Waals surface area contributed by atoms with Gasteiger partial charge in [-0.1, -0.05) is 6.07 Å². The van der Waals surface area contributed by atoms with E-state index >= 15 is 0 Å². The number of methoxy groups -OCH3 is 1. The molecule has 0 radical (unpaired) electrons. The molecular weight excluding hydrogens is 346 g/mol. The number of carbonyl (C=O) groups excluding carboxylic acids is 2. The van der Waals surface area contributed by atoms with Crippen LogP contribution < -0.4 is 15.1 Å². The predicted molar refractivity (Wildman–Crippen MR) is 101 cm³/mol. The van der Waals surface area contributed by atoms with Crippen LogP contribution in [0.25, 0.3) is 0 Å². The van der Waals surface area contributed by atoms with Gasteiger partial charge in [0.1, 0.15) is 0 Å². The number of anilines is 2. The number of ether oxygens (including phenoxy) is 1. The lowest BCUT2D eigenvalue weighted by molar-refractivity contribution is -0.892. The zero-order valence-electron chi connectivity index (χ0n) is 15.6. The summed E-state index contributed by atoms with van der Waals surface area (Å²) in [5, 5.41) is 2.91. The summed E-state index contributed by atoms with van der Waals surface area (Å²) >= 11 is 0. The minimum Gasteiger partial charge on any atom is -0.465 e. The minimum absolute atomic E-state index is 0.0699. The molecule has 1 aromatic carbocycles. The number of esters is 1. The first-order valence-corrected chi connectivity index (χ1v) is 8.91. The Morgan fingerprint density at radius 1 is 1.22 bits per heavy atom. The van der Waals surface area contributed by atoms with E-state index in [1.165, 1.54) is 12.0 Å². The summed E-state index contributed by atoms with van der Waals surface area (Å²) in [7, 11) is 1.34. The van der Waals surface area contributed by atoms with Crippen molar-refractivity contribution in [1.82, 2.24) is 9.97 Å². The highest BCUT2D eigenvalue weighted by molar-refractivity contribution is 5.95. The molecule has 142 valence electrons. The van der Waals surface area contributed by atoms with Crippen LogP contribution in [0.2, 0.25) is 0 Å². The van der Waals surface area contributed by atoms with Crippen molar-refractivity contribution in [1.29, 1.82) is 0 Å². The largest absolute Gasteiger partial charge is 0.465 e. The van der Waals surface area contributed by atoms with Crippen LogP contribution in [0.1, 0.15) is 15.9 Å². The predicted octanol–water partition coefficient (Wildman–Crippen LogP) is -0.0848. The third kappa shape index (κ3) is 4.79. The number of carbonyl (C=O) groups is 2. The van der Waals surface area contributed by atoms with Crippen LogP contribution in [-0.2, 0) is 9.53 Å². The number of aromatic nitrogens is 2. The Hall–Kier alpha value is -3.00. The second-order valence-electron chi connectivity index (χ2n) is 6.53. The van der Waals surface area contributed by atoms with Crippen molar-refractivity contribution in [2.75, 3.05) is 50.1 Å². The molecule has 0 atom stereocenters. The number of nitrogens with zero attached hydrogens (tertiary/aromatic N) is 3. The van der Waals surface area contributed by atoms with Crippen LogP contribution in [0.3, 0.4) is 0 Å². The molecule has 1 aromatic heterocycles. The topological polar surface area (TPSA) is 88.9 Å². The van der Waals surface area contributed by atoms with Crippen molar-refractivity contribution in [2.45, 2.75) is 6.92 Å². The lowest BCUT2D eigenvalue weighted by Gasteiger charge is -2.31. The van der Waals surface area contributed by atoms with Gasteiger partial charge < -0.3 is 19.9 Å². The maximum atomic E-state index is 12.4. The SMILES string of the molecule is COC(=O)c1ccc(C)c(NC(=O)C[NH+]2CCN(c3ncccn3)CC2)c1. The van der Waals surface area contributed by atoms with Crippen molar-refractivity contribution >= 4 is 23.5 Å². The molecule has 0 bridgehead atoms. The molecule has 2 heterocycles. The summed E-state index contributed by atoms with van der Waals surface area (Å²) in [4.78, 5) is 36.0. The van der Waals surface area contributed by atoms with E-state index in [1.807, 2.05) is 6.92 Å². The Morgan fingerprint density at radius 2 is 1.93 bits per heavy atom. The van der Waals surface area contributed by atoms with E-state index in [0.717, 1.165) is 37.7 Å². The zero-order valence-corrected chi connectivity index (χ0v) is 15.6. The number of piperazine rings is 1. The highest BCUT2D eigenvalue weighted by Gasteiger charge is 2.23. The summed E-state index contributed by atoms with van der Waals surface area (Å²) in [6, 6.07) is 6.94. The van der Waals surface area contributed by atoms with E-state index < -0.39 is 5.97 Å². The second kappa shape index (κ2) is 8.59. The molecule has 2 N–H and O–H groups in total. The first-order valence-electron chi connectivity index (χ1n) is 8.91. The fourth-order valence-corrected chi connectivity index (χ4v) is 3.08. The summed E-state index contributed by atoms with van der Waals surface area (Å²) < 4.78 is 4.73. The molecule has 0 saturated carbocycles. The van der Waals surface area contributed by atoms with Crippen molar-refractivity contribution in [2.24, 2.45) is 0 Å². The number of benzene rings is 1. The Kier molecular flexibility index (Phi) is 5.97. The van der Waals surface area contributed by atoms with E-state index in [9.17, 15) is 9.59 Å². The van der Waals surface area contributed by atoms with E-state index in [4.69, 9.17) is 4.74 Å². The van der Waals surface area contributed by atoms with Crippen LogP contribution >= 0.6 is 0 Å². The average molecular weight is 370 g/mol. The number of quaternary nitrogens is 1. The molecule has 8 nitrogen and oxygen atoms in total. The minimum atomic E-state index is -0.421. The fraction of sp³-hybridized carbons (Fsp3) is 0.368. The molecule has 1 fully saturated rings. The maximum absolute atomic E-state index is 12.4. The smallest absolute Gasteiger partial charge is 0.337 e. The molecule has 0 spiro atoms. The van der Waals surface area contributed by atoms with Crippen LogP contribution in [0.5, 0.6) is 0 Å². The van der Waals surface area contributed by atoms with Gasteiger partial charge in [0.05, 0.1) is 38.9 Å². The molecule has 27 heavy (non-hydrogen) atoms. The Balaban J connectivity index is 1.54. The number of hydrogen-bond donors (Lipinski definition) is 2. The van der Waals surface area contributed by atoms with Gasteiger partial charge in [-0.25, -0.2) is 14.8 Å². The van der Waals surface area contributed by atoms with Crippen molar-refractivity contribution in [3.8, 4) is 0 Å². The first kappa shape index (κ1) is 18.8. The van der Waals surface area contributed by atoms with Crippen LogP contribution in [-0.4, -0.2) is 61.7 Å². The summed E-state index contributed by atoms with van der Waals surface area (Å²) in [5.74, 6) is 0.242. The highest BCUT2D eigenvalue weighted by Crippen LogP contribution is 2.17. The van der Waals surface area contributed by atoms with E-state index in [-0.39, 0.29) is 5.91 Å². The van der Waals surface area contributed by atoms with Crippen LogP contribution in [0, 0.1) is 6.92 Å². The number of amides is 1. The standard InChI is InChI=1S/C19H23N5O3/c1-14-4-5-15(18(26)27-2)12-16(14)22-17(25)13-23-8-10-24(11-9-23)19-20-6-3-7-21-19/h3-7,12H,8-11,13H2,1-2H3,(H,22,25)/p+1. The van der Waals surface area contributed by atoms with Crippen LogP contribution in [0.4, 0.5) is 11.6 Å². The Bertz CT molecular complexity index is 804. The van der Waals surface area contributed by atoms with Gasteiger partial charge in [0.15, 0.2) is 6.54 Å². The molecule has 1 saturated heterocycles. The monoisotopic (exact) mass is 370 g/mol. The molecule has 0 aliphatic carbocycles. The van der Waals surface area contributed by atoms with Crippen LogP contribution in [0.15, 0.2) is 36.7 Å². The van der Waals surface area contributed by atoms with Gasteiger partial charge in [-0.05, 0) is 30.7 Å². The fourth-order valence-electron chi connectivity index (χ4n) is 3.08. The lowest BCUT2D eigenvalue weighted by atomic mass is 10.1. The van der Waals surface area contributed by atoms with E-state index in [2.05, 4.69) is 20.2 Å². The van der Waals surface area contributed by atoms with Gasteiger partial charge >= 0.3 is 5.97 Å². The Morgan fingerprint density at radius 3 is 2.59 bits per heavy atom. The Labute approximate surface area is 158 Å². The summed E-state index contributed by atoms with van der Waals surface area (Å²) in [6.07, 6.45) is 3.47.